The maximum Gasteiger partial charge on any atom is 0.246 e. The lowest BCUT2D eigenvalue weighted by atomic mass is 10.1. The van der Waals surface area contributed by atoms with Gasteiger partial charge in [0.1, 0.15) is 0 Å². The zero-order valence-corrected chi connectivity index (χ0v) is 11.9. The average Bonchev–Trinajstić information content (AvgIpc) is 3.18. The van der Waals surface area contributed by atoms with E-state index in [1.807, 2.05) is 28.5 Å². The number of thiophene rings is 1. The van der Waals surface area contributed by atoms with E-state index >= 15 is 0 Å². The molecule has 0 aromatic carbocycles. The normalized spacial score (nSPS) is 16.9. The fraction of sp³-hybridized carbons (Fsp3) is 0.357. The van der Waals surface area contributed by atoms with Gasteiger partial charge in [-0.05, 0) is 30.4 Å². The van der Waals surface area contributed by atoms with Crippen molar-refractivity contribution in [2.24, 2.45) is 0 Å². The molecule has 0 spiro atoms. The molecule has 5 nitrogen and oxygen atoms in total. The number of amides is 1. The zero-order valence-electron chi connectivity index (χ0n) is 11.1. The highest BCUT2D eigenvalue weighted by molar-refractivity contribution is 7.10. The van der Waals surface area contributed by atoms with Gasteiger partial charge in [0.05, 0.1) is 18.4 Å². The Bertz CT molecular complexity index is 568. The Morgan fingerprint density at radius 2 is 2.05 bits per heavy atom. The van der Waals surface area contributed by atoms with Crippen LogP contribution in [0.3, 0.4) is 0 Å². The third-order valence-electron chi connectivity index (χ3n) is 3.47. The first-order valence-corrected chi connectivity index (χ1v) is 7.57. The highest BCUT2D eigenvalue weighted by Crippen LogP contribution is 2.21. The smallest absolute Gasteiger partial charge is 0.246 e. The van der Waals surface area contributed by atoms with Crippen molar-refractivity contribution >= 4 is 23.3 Å². The first-order chi connectivity index (χ1) is 9.83. The molecule has 0 bridgehead atoms. The molecule has 0 aliphatic carbocycles. The van der Waals surface area contributed by atoms with Crippen LogP contribution in [0.5, 0.6) is 0 Å². The van der Waals surface area contributed by atoms with E-state index in [0.29, 0.717) is 6.04 Å². The quantitative estimate of drug-likeness (QED) is 0.814. The Balaban J connectivity index is 1.54. The summed E-state index contributed by atoms with van der Waals surface area (Å²) in [5.74, 6) is 0.0882. The Labute approximate surface area is 121 Å². The maximum atomic E-state index is 12.1. The molecule has 6 heteroatoms. The predicted octanol–water partition coefficient (Wildman–Crippen LogP) is 2.22. The molecule has 2 aromatic heterocycles. The molecule has 0 atom stereocenters. The van der Waals surface area contributed by atoms with Gasteiger partial charge in [0.15, 0.2) is 0 Å². The molecule has 3 heterocycles. The molecular weight excluding hydrogens is 272 g/mol. The summed E-state index contributed by atoms with van der Waals surface area (Å²) in [6, 6.07) is 4.30. The molecule has 0 radical (unpaired) electrons. The molecular formula is C14H16N4OS. The number of aromatic nitrogens is 3. The number of nitrogens with zero attached hydrogens (tertiary/aromatic N) is 4. The molecule has 1 amide bonds. The van der Waals surface area contributed by atoms with Crippen molar-refractivity contribution in [1.82, 2.24) is 19.9 Å². The third kappa shape index (κ3) is 2.96. The van der Waals surface area contributed by atoms with Crippen LogP contribution in [0.4, 0.5) is 0 Å². The Kier molecular flexibility index (Phi) is 3.92. The van der Waals surface area contributed by atoms with Gasteiger partial charge in [-0.25, -0.2) is 0 Å². The van der Waals surface area contributed by atoms with Crippen molar-refractivity contribution in [2.45, 2.75) is 18.9 Å². The van der Waals surface area contributed by atoms with Gasteiger partial charge in [0.2, 0.25) is 5.91 Å². The van der Waals surface area contributed by atoms with Crippen LogP contribution in [-0.2, 0) is 4.79 Å². The van der Waals surface area contributed by atoms with Crippen LogP contribution in [0.2, 0.25) is 0 Å². The minimum Gasteiger partial charge on any atom is -0.339 e. The molecule has 1 aliphatic heterocycles. The van der Waals surface area contributed by atoms with Crippen LogP contribution in [0, 0.1) is 0 Å². The van der Waals surface area contributed by atoms with E-state index in [2.05, 4.69) is 10.2 Å². The van der Waals surface area contributed by atoms with Gasteiger partial charge in [-0.15, -0.1) is 11.3 Å². The van der Waals surface area contributed by atoms with Gasteiger partial charge < -0.3 is 4.90 Å². The van der Waals surface area contributed by atoms with E-state index in [-0.39, 0.29) is 5.91 Å². The molecule has 0 saturated carbocycles. The number of hydrogen-bond donors (Lipinski definition) is 0. The molecule has 3 rings (SSSR count). The molecule has 104 valence electrons. The fourth-order valence-electron chi connectivity index (χ4n) is 2.38. The van der Waals surface area contributed by atoms with E-state index in [1.165, 1.54) is 0 Å². The molecule has 1 fully saturated rings. The van der Waals surface area contributed by atoms with Crippen molar-refractivity contribution < 1.29 is 4.79 Å². The minimum absolute atomic E-state index is 0.0882. The van der Waals surface area contributed by atoms with Gasteiger partial charge in [0, 0.05) is 24.0 Å². The molecule has 0 unspecified atom stereocenters. The van der Waals surface area contributed by atoms with E-state index in [0.717, 1.165) is 30.8 Å². The van der Waals surface area contributed by atoms with Crippen molar-refractivity contribution in [3.05, 3.63) is 40.9 Å². The second-order valence-electron chi connectivity index (χ2n) is 4.75. The Hall–Kier alpha value is -1.95. The van der Waals surface area contributed by atoms with Gasteiger partial charge in [0.25, 0.3) is 0 Å². The van der Waals surface area contributed by atoms with Crippen LogP contribution in [0.15, 0.2) is 36.0 Å². The van der Waals surface area contributed by atoms with Crippen molar-refractivity contribution in [3.63, 3.8) is 0 Å². The summed E-state index contributed by atoms with van der Waals surface area (Å²) in [4.78, 5) is 16.8. The average molecular weight is 288 g/mol. The van der Waals surface area contributed by atoms with Crippen molar-refractivity contribution in [1.29, 1.82) is 0 Å². The van der Waals surface area contributed by atoms with E-state index in [4.69, 9.17) is 0 Å². The summed E-state index contributed by atoms with van der Waals surface area (Å²) >= 11 is 1.63. The second-order valence-corrected chi connectivity index (χ2v) is 5.73. The fourth-order valence-corrected chi connectivity index (χ4v) is 2.99. The maximum absolute atomic E-state index is 12.1. The first-order valence-electron chi connectivity index (χ1n) is 6.69. The van der Waals surface area contributed by atoms with E-state index in [9.17, 15) is 4.79 Å². The third-order valence-corrected chi connectivity index (χ3v) is 4.31. The molecule has 2 aromatic rings. The number of carbonyl (C=O) groups is 1. The largest absolute Gasteiger partial charge is 0.339 e. The number of carbonyl (C=O) groups excluding carboxylic acids is 1. The monoisotopic (exact) mass is 288 g/mol. The predicted molar refractivity (Wildman–Crippen MR) is 78.2 cm³/mol. The summed E-state index contributed by atoms with van der Waals surface area (Å²) in [7, 11) is 0. The minimum atomic E-state index is 0.0882. The van der Waals surface area contributed by atoms with Crippen molar-refractivity contribution in [3.8, 4) is 0 Å². The lowest BCUT2D eigenvalue weighted by molar-refractivity contribution is -0.127. The summed E-state index contributed by atoms with van der Waals surface area (Å²) < 4.78 is 0. The van der Waals surface area contributed by atoms with Gasteiger partial charge in [-0.1, -0.05) is 6.07 Å². The van der Waals surface area contributed by atoms with Crippen LogP contribution in [0.25, 0.3) is 6.08 Å². The molecule has 1 saturated heterocycles. The summed E-state index contributed by atoms with van der Waals surface area (Å²) in [5, 5.41) is 10.3. The highest BCUT2D eigenvalue weighted by atomic mass is 32.1. The van der Waals surface area contributed by atoms with Crippen LogP contribution >= 0.6 is 11.3 Å². The first kappa shape index (κ1) is 13.1. The SMILES string of the molecule is O=C(/C=C/c1cccs1)N1CCC(n2nccn2)CC1. The molecule has 20 heavy (non-hydrogen) atoms. The Morgan fingerprint density at radius 1 is 1.30 bits per heavy atom. The number of hydrogen-bond acceptors (Lipinski definition) is 4. The van der Waals surface area contributed by atoms with Crippen molar-refractivity contribution in [2.75, 3.05) is 13.1 Å². The lowest BCUT2D eigenvalue weighted by Gasteiger charge is -2.30. The Morgan fingerprint density at radius 3 is 2.70 bits per heavy atom. The van der Waals surface area contributed by atoms with Gasteiger partial charge in [-0.2, -0.15) is 15.0 Å². The van der Waals surface area contributed by atoms with Gasteiger partial charge >= 0.3 is 0 Å². The standard InChI is InChI=1S/C14H16N4OS/c19-14(4-3-13-2-1-11-20-13)17-9-5-12(6-10-17)18-15-7-8-16-18/h1-4,7-8,11-12H,5-6,9-10H2/b4-3+. The van der Waals surface area contributed by atoms with E-state index in [1.54, 1.807) is 34.6 Å². The van der Waals surface area contributed by atoms with Gasteiger partial charge in [-0.3, -0.25) is 4.79 Å². The second kappa shape index (κ2) is 6.00. The van der Waals surface area contributed by atoms with E-state index < -0.39 is 0 Å². The topological polar surface area (TPSA) is 51.0 Å². The summed E-state index contributed by atoms with van der Waals surface area (Å²) in [6.07, 6.45) is 8.76. The number of likely N-dealkylation sites (tertiary alicyclic amines) is 1. The number of rotatable bonds is 3. The number of piperidine rings is 1. The highest BCUT2D eigenvalue weighted by Gasteiger charge is 2.23. The van der Waals surface area contributed by atoms with Crippen LogP contribution in [0.1, 0.15) is 23.8 Å². The summed E-state index contributed by atoms with van der Waals surface area (Å²) in [5.41, 5.74) is 0. The lowest BCUT2D eigenvalue weighted by Crippen LogP contribution is -2.38. The van der Waals surface area contributed by atoms with Crippen LogP contribution < -0.4 is 0 Å². The van der Waals surface area contributed by atoms with Crippen LogP contribution in [-0.4, -0.2) is 38.9 Å². The zero-order chi connectivity index (χ0) is 13.8. The molecule has 1 aliphatic rings. The molecule has 0 N–H and O–H groups in total. The summed E-state index contributed by atoms with van der Waals surface area (Å²) in [6.45, 7) is 1.53.